The summed E-state index contributed by atoms with van der Waals surface area (Å²) in [4.78, 5) is 24.6. The molecule has 2 aliphatic heterocycles. The van der Waals surface area contributed by atoms with Gasteiger partial charge in [-0.15, -0.1) is 0 Å². The number of nitrogens with one attached hydrogen (secondary N) is 1. The lowest BCUT2D eigenvalue weighted by atomic mass is 9.93. The highest BCUT2D eigenvalue weighted by Crippen LogP contribution is 2.35. The average molecular weight is 289 g/mol. The minimum Gasteiger partial charge on any atom is -0.378 e. The highest BCUT2D eigenvalue weighted by Gasteiger charge is 2.29. The van der Waals surface area contributed by atoms with E-state index in [2.05, 4.69) is 10.2 Å². The van der Waals surface area contributed by atoms with Gasteiger partial charge >= 0.3 is 0 Å². The maximum atomic E-state index is 11.4. The summed E-state index contributed by atoms with van der Waals surface area (Å²) in [5.41, 5.74) is 7.58. The summed E-state index contributed by atoms with van der Waals surface area (Å²) in [5.74, 6) is -0.236. The smallest absolute Gasteiger partial charge is 0.257 e. The van der Waals surface area contributed by atoms with E-state index in [4.69, 9.17) is 5.73 Å². The Kier molecular flexibility index (Phi) is 3.55. The molecule has 6 heteroatoms. The van der Waals surface area contributed by atoms with Crippen molar-refractivity contribution in [3.8, 4) is 0 Å². The molecule has 0 aliphatic carbocycles. The van der Waals surface area contributed by atoms with Crippen LogP contribution in [0.4, 0.5) is 11.4 Å². The van der Waals surface area contributed by atoms with Gasteiger partial charge in [-0.3, -0.25) is 9.59 Å². The second-order valence-electron chi connectivity index (χ2n) is 5.76. The van der Waals surface area contributed by atoms with Crippen molar-refractivity contribution in [2.45, 2.75) is 25.4 Å². The van der Waals surface area contributed by atoms with Gasteiger partial charge in [0.2, 0.25) is 5.91 Å². The predicted molar refractivity (Wildman–Crippen MR) is 78.8 cm³/mol. The predicted octanol–water partition coefficient (Wildman–Crippen LogP) is 0.764. The number of hydrogen-bond acceptors (Lipinski definition) is 4. The van der Waals surface area contributed by atoms with E-state index in [1.165, 1.54) is 0 Å². The molecule has 1 atom stereocenters. The number of rotatable bonds is 3. The maximum absolute atomic E-state index is 11.4. The summed E-state index contributed by atoms with van der Waals surface area (Å²) in [5, 5.41) is 12.4. The van der Waals surface area contributed by atoms with Crippen LogP contribution >= 0.6 is 0 Å². The van der Waals surface area contributed by atoms with Crippen molar-refractivity contribution >= 4 is 23.2 Å². The van der Waals surface area contributed by atoms with Crippen LogP contribution in [0.1, 0.15) is 30.9 Å². The Morgan fingerprint density at radius 3 is 2.76 bits per heavy atom. The highest BCUT2D eigenvalue weighted by atomic mass is 16.3. The van der Waals surface area contributed by atoms with E-state index in [0.717, 1.165) is 31.6 Å². The molecule has 1 aromatic carbocycles. The third-order valence-corrected chi connectivity index (χ3v) is 4.31. The van der Waals surface area contributed by atoms with Gasteiger partial charge in [-0.2, -0.15) is 0 Å². The van der Waals surface area contributed by atoms with Crippen molar-refractivity contribution in [1.82, 2.24) is 0 Å². The topological polar surface area (TPSA) is 95.7 Å². The van der Waals surface area contributed by atoms with Gasteiger partial charge in [-0.25, -0.2) is 0 Å². The van der Waals surface area contributed by atoms with Crippen LogP contribution < -0.4 is 16.0 Å². The number of nitrogens with two attached hydrogens (primary N) is 1. The van der Waals surface area contributed by atoms with Crippen LogP contribution in [0.15, 0.2) is 18.2 Å². The first kappa shape index (κ1) is 13.9. The van der Waals surface area contributed by atoms with Crippen LogP contribution in [0.2, 0.25) is 0 Å². The highest BCUT2D eigenvalue weighted by molar-refractivity contribution is 6.02. The molecule has 6 nitrogen and oxygen atoms in total. The zero-order valence-electron chi connectivity index (χ0n) is 11.7. The Labute approximate surface area is 122 Å². The van der Waals surface area contributed by atoms with Crippen LogP contribution in [0.5, 0.6) is 0 Å². The van der Waals surface area contributed by atoms with Crippen LogP contribution in [-0.2, 0) is 9.59 Å². The van der Waals surface area contributed by atoms with Gasteiger partial charge in [0.1, 0.15) is 0 Å². The van der Waals surface area contributed by atoms with Crippen molar-refractivity contribution in [2.75, 3.05) is 23.3 Å². The Balaban J connectivity index is 1.68. The molecular weight excluding hydrogens is 270 g/mol. The molecule has 21 heavy (non-hydrogen) atoms. The average Bonchev–Trinajstić information content (AvgIpc) is 2.74. The number of fused-ring (bicyclic) bond motifs is 1. The van der Waals surface area contributed by atoms with E-state index in [9.17, 15) is 14.7 Å². The van der Waals surface area contributed by atoms with Gasteiger partial charge in [-0.05, 0) is 30.9 Å². The molecule has 1 saturated heterocycles. The Hall–Kier alpha value is -2.08. The normalized spacial score (nSPS) is 22.0. The Bertz CT molecular complexity index is 580. The van der Waals surface area contributed by atoms with Crippen molar-refractivity contribution in [2.24, 2.45) is 11.7 Å². The summed E-state index contributed by atoms with van der Waals surface area (Å²) in [7, 11) is 0. The molecule has 0 spiro atoms. The number of anilines is 2. The van der Waals surface area contributed by atoms with E-state index in [1.807, 2.05) is 12.1 Å². The standard InChI is InChI=1S/C15H19N3O3/c16-13(19)7-9-3-5-18(6-4-9)10-1-2-11-12(8-10)17-15(21)14(11)20/h1-2,8-9,14,20H,3-7H2,(H2,16,19)(H,17,21). The van der Waals surface area contributed by atoms with Crippen molar-refractivity contribution in [3.63, 3.8) is 0 Å². The quantitative estimate of drug-likeness (QED) is 0.765. The fourth-order valence-corrected chi connectivity index (χ4v) is 3.11. The van der Waals surface area contributed by atoms with Gasteiger partial charge in [0, 0.05) is 36.4 Å². The van der Waals surface area contributed by atoms with Gasteiger partial charge in [0.05, 0.1) is 0 Å². The molecule has 0 saturated carbocycles. The minimum absolute atomic E-state index is 0.234. The molecule has 1 aromatic rings. The minimum atomic E-state index is -1.06. The van der Waals surface area contributed by atoms with Gasteiger partial charge in [0.15, 0.2) is 6.10 Å². The molecule has 1 unspecified atom stereocenters. The second-order valence-corrected chi connectivity index (χ2v) is 5.76. The number of carbonyl (C=O) groups is 2. The largest absolute Gasteiger partial charge is 0.378 e. The maximum Gasteiger partial charge on any atom is 0.257 e. The first-order valence-corrected chi connectivity index (χ1v) is 7.20. The number of aliphatic hydroxyl groups excluding tert-OH is 1. The zero-order valence-corrected chi connectivity index (χ0v) is 11.7. The Morgan fingerprint density at radius 2 is 2.10 bits per heavy atom. The molecule has 0 aromatic heterocycles. The molecule has 2 aliphatic rings. The molecule has 0 bridgehead atoms. The van der Waals surface area contributed by atoms with Crippen LogP contribution in [0.25, 0.3) is 0 Å². The molecule has 0 radical (unpaired) electrons. The molecular formula is C15H19N3O3. The number of benzene rings is 1. The molecule has 2 amide bonds. The van der Waals surface area contributed by atoms with Crippen LogP contribution in [0, 0.1) is 5.92 Å². The lowest BCUT2D eigenvalue weighted by Gasteiger charge is -2.33. The number of piperidine rings is 1. The van der Waals surface area contributed by atoms with E-state index >= 15 is 0 Å². The fraction of sp³-hybridized carbons (Fsp3) is 0.467. The van der Waals surface area contributed by atoms with Crippen LogP contribution in [-0.4, -0.2) is 30.0 Å². The SMILES string of the molecule is NC(=O)CC1CCN(c2ccc3c(c2)NC(=O)C3O)CC1. The summed E-state index contributed by atoms with van der Waals surface area (Å²) in [6.45, 7) is 1.74. The number of amides is 2. The Morgan fingerprint density at radius 1 is 1.38 bits per heavy atom. The fourth-order valence-electron chi connectivity index (χ4n) is 3.11. The second kappa shape index (κ2) is 5.37. The number of nitrogens with zero attached hydrogens (tertiary/aromatic N) is 1. The summed E-state index contributed by atoms with van der Waals surface area (Å²) in [6, 6.07) is 5.62. The van der Waals surface area contributed by atoms with E-state index in [0.29, 0.717) is 23.6 Å². The number of hydrogen-bond donors (Lipinski definition) is 3. The molecule has 3 rings (SSSR count). The summed E-state index contributed by atoms with van der Waals surface area (Å²) < 4.78 is 0. The molecule has 4 N–H and O–H groups in total. The number of primary amides is 1. The molecule has 2 heterocycles. The third-order valence-electron chi connectivity index (χ3n) is 4.31. The molecule has 1 fully saturated rings. The van der Waals surface area contributed by atoms with E-state index < -0.39 is 6.10 Å². The lowest BCUT2D eigenvalue weighted by molar-refractivity contribution is -0.123. The summed E-state index contributed by atoms with van der Waals surface area (Å²) >= 11 is 0. The number of carbonyl (C=O) groups excluding carboxylic acids is 2. The van der Waals surface area contributed by atoms with Gasteiger partial charge in [-0.1, -0.05) is 6.07 Å². The van der Waals surface area contributed by atoms with Gasteiger partial charge < -0.3 is 21.1 Å². The van der Waals surface area contributed by atoms with Crippen molar-refractivity contribution in [3.05, 3.63) is 23.8 Å². The van der Waals surface area contributed by atoms with Crippen molar-refractivity contribution < 1.29 is 14.7 Å². The molecule has 112 valence electrons. The monoisotopic (exact) mass is 289 g/mol. The summed E-state index contributed by atoms with van der Waals surface area (Å²) in [6.07, 6.45) is 1.28. The number of aliphatic hydroxyl groups is 1. The van der Waals surface area contributed by atoms with Gasteiger partial charge in [0.25, 0.3) is 5.91 Å². The van der Waals surface area contributed by atoms with Crippen LogP contribution in [0.3, 0.4) is 0 Å². The lowest BCUT2D eigenvalue weighted by Crippen LogP contribution is -2.35. The first-order chi connectivity index (χ1) is 10.0. The van der Waals surface area contributed by atoms with E-state index in [-0.39, 0.29) is 11.8 Å². The van der Waals surface area contributed by atoms with Crippen molar-refractivity contribution in [1.29, 1.82) is 0 Å². The first-order valence-electron chi connectivity index (χ1n) is 7.20. The van der Waals surface area contributed by atoms with E-state index in [1.54, 1.807) is 6.07 Å². The third kappa shape index (κ3) is 2.71. The zero-order chi connectivity index (χ0) is 15.0.